The van der Waals surface area contributed by atoms with Crippen molar-refractivity contribution in [2.24, 2.45) is 0 Å². The third-order valence-corrected chi connectivity index (χ3v) is 4.72. The number of hydrogen-bond donors (Lipinski definition) is 0. The summed E-state index contributed by atoms with van der Waals surface area (Å²) in [5, 5.41) is 0.586. The average Bonchev–Trinajstić information content (AvgIpc) is 2.60. The maximum atomic E-state index is 11.6. The molecule has 0 aliphatic rings. The van der Waals surface area contributed by atoms with Gasteiger partial charge in [0.15, 0.2) is 0 Å². The van der Waals surface area contributed by atoms with Crippen molar-refractivity contribution < 1.29 is 14.3 Å². The lowest BCUT2D eigenvalue weighted by molar-refractivity contribution is -0.134. The molecule has 0 aromatic heterocycles. The van der Waals surface area contributed by atoms with Gasteiger partial charge in [-0.25, -0.2) is 0 Å². The smallest absolute Gasteiger partial charge is 0.310 e. The highest BCUT2D eigenvalue weighted by molar-refractivity contribution is 7.98. The van der Waals surface area contributed by atoms with Crippen LogP contribution in [0.25, 0.3) is 0 Å². The molecule has 128 valence electrons. The Bertz CT molecular complexity index is 716. The van der Waals surface area contributed by atoms with Crippen molar-refractivity contribution in [1.29, 1.82) is 0 Å². The van der Waals surface area contributed by atoms with Crippen LogP contribution in [0.5, 0.6) is 11.5 Å². The van der Waals surface area contributed by atoms with Crippen molar-refractivity contribution in [2.45, 2.75) is 38.2 Å². The number of aryl methyl sites for hydroxylation is 1. The van der Waals surface area contributed by atoms with Gasteiger partial charge in [-0.05, 0) is 42.5 Å². The van der Waals surface area contributed by atoms with Gasteiger partial charge in [-0.2, -0.15) is 0 Å². The van der Waals surface area contributed by atoms with Crippen molar-refractivity contribution in [3.63, 3.8) is 0 Å². The first kappa shape index (κ1) is 18.7. The van der Waals surface area contributed by atoms with Crippen LogP contribution in [-0.4, -0.2) is 12.2 Å². The van der Waals surface area contributed by atoms with Crippen LogP contribution in [0.2, 0.25) is 5.02 Å². The molecular formula is C19H21ClO3S. The number of rotatable bonds is 7. The quantitative estimate of drug-likeness (QED) is 0.368. The third kappa shape index (κ3) is 4.68. The Labute approximate surface area is 152 Å². The molecule has 2 rings (SSSR count). The highest BCUT2D eigenvalue weighted by Crippen LogP contribution is 2.32. The topological polar surface area (TPSA) is 35.5 Å². The number of ether oxygens (including phenoxy) is 2. The van der Waals surface area contributed by atoms with Crippen LogP contribution in [0, 0.1) is 0 Å². The molecule has 0 unspecified atom stereocenters. The summed E-state index contributed by atoms with van der Waals surface area (Å²) in [6.45, 7) is 4.13. The molecule has 0 atom stereocenters. The van der Waals surface area contributed by atoms with E-state index < -0.39 is 0 Å². The summed E-state index contributed by atoms with van der Waals surface area (Å²) < 4.78 is 11.3. The molecule has 0 N–H and O–H groups in total. The minimum absolute atomic E-state index is 0.264. The van der Waals surface area contributed by atoms with E-state index in [1.807, 2.05) is 36.6 Å². The molecule has 0 bridgehead atoms. The van der Waals surface area contributed by atoms with Crippen LogP contribution in [0.3, 0.4) is 0 Å². The number of esters is 1. The van der Waals surface area contributed by atoms with E-state index in [0.717, 1.165) is 22.4 Å². The Morgan fingerprint density at radius 2 is 1.96 bits per heavy atom. The van der Waals surface area contributed by atoms with Crippen molar-refractivity contribution >= 4 is 29.3 Å². The minimum Gasteiger partial charge on any atom is -0.487 e. The van der Waals surface area contributed by atoms with Crippen LogP contribution in [0.1, 0.15) is 31.4 Å². The first-order valence-corrected chi connectivity index (χ1v) is 9.47. The lowest BCUT2D eigenvalue weighted by Gasteiger charge is -2.15. The first-order valence-electron chi connectivity index (χ1n) is 7.86. The predicted molar refractivity (Wildman–Crippen MR) is 99.3 cm³/mol. The maximum Gasteiger partial charge on any atom is 0.310 e. The Morgan fingerprint density at radius 3 is 2.58 bits per heavy atom. The van der Waals surface area contributed by atoms with Gasteiger partial charge in [0.25, 0.3) is 0 Å². The second-order valence-corrected chi connectivity index (χ2v) is 6.43. The highest BCUT2D eigenvalue weighted by atomic mass is 35.5. The van der Waals surface area contributed by atoms with Crippen LogP contribution < -0.4 is 9.47 Å². The second-order valence-electron chi connectivity index (χ2n) is 5.17. The molecule has 0 fully saturated rings. The Balaban J connectivity index is 2.23. The second kappa shape index (κ2) is 9.00. The summed E-state index contributed by atoms with van der Waals surface area (Å²) in [4.78, 5) is 12.7. The SMILES string of the molecule is CCC(=O)Oc1cccc(SC)c1COc1ccc(CC)cc1Cl. The molecule has 0 saturated heterocycles. The largest absolute Gasteiger partial charge is 0.487 e. The molecule has 0 saturated carbocycles. The molecule has 2 aromatic rings. The van der Waals surface area contributed by atoms with Crippen LogP contribution in [0.15, 0.2) is 41.3 Å². The molecule has 0 spiro atoms. The Morgan fingerprint density at radius 1 is 1.17 bits per heavy atom. The van der Waals surface area contributed by atoms with Gasteiger partial charge in [0.05, 0.1) is 5.02 Å². The van der Waals surface area contributed by atoms with Crippen LogP contribution in [-0.2, 0) is 17.8 Å². The van der Waals surface area contributed by atoms with Gasteiger partial charge in [-0.3, -0.25) is 4.79 Å². The summed E-state index contributed by atoms with van der Waals surface area (Å²) in [5.74, 6) is 0.896. The Hall–Kier alpha value is -1.65. The van der Waals surface area contributed by atoms with E-state index in [-0.39, 0.29) is 12.6 Å². The summed E-state index contributed by atoms with van der Waals surface area (Å²) in [6, 6.07) is 11.4. The molecule has 3 nitrogen and oxygen atoms in total. The zero-order valence-corrected chi connectivity index (χ0v) is 15.7. The van der Waals surface area contributed by atoms with Crippen molar-refractivity contribution in [2.75, 3.05) is 6.26 Å². The van der Waals surface area contributed by atoms with Crippen molar-refractivity contribution in [1.82, 2.24) is 0 Å². The van der Waals surface area contributed by atoms with Crippen molar-refractivity contribution in [3.8, 4) is 11.5 Å². The lowest BCUT2D eigenvalue weighted by Crippen LogP contribution is -2.09. The van der Waals surface area contributed by atoms with Crippen LogP contribution >= 0.6 is 23.4 Å². The fourth-order valence-corrected chi connectivity index (χ4v) is 3.08. The number of thioether (sulfide) groups is 1. The van der Waals surface area contributed by atoms with Gasteiger partial charge in [0.2, 0.25) is 0 Å². The summed E-state index contributed by atoms with van der Waals surface area (Å²) in [7, 11) is 0. The molecule has 0 radical (unpaired) electrons. The third-order valence-electron chi connectivity index (χ3n) is 3.60. The lowest BCUT2D eigenvalue weighted by atomic mass is 10.1. The maximum absolute atomic E-state index is 11.6. The number of halogens is 1. The molecule has 0 amide bonds. The normalized spacial score (nSPS) is 10.5. The van der Waals surface area contributed by atoms with E-state index in [1.165, 1.54) is 0 Å². The monoisotopic (exact) mass is 364 g/mol. The average molecular weight is 365 g/mol. The first-order chi connectivity index (χ1) is 11.6. The minimum atomic E-state index is -0.264. The van der Waals surface area contributed by atoms with E-state index in [9.17, 15) is 4.79 Å². The number of carbonyl (C=O) groups excluding carboxylic acids is 1. The standard InChI is InChI=1S/C19H21ClO3S/c1-4-13-9-10-17(15(20)11-13)22-12-14-16(23-19(21)5-2)7-6-8-18(14)24-3/h6-11H,4-5,12H2,1-3H3. The van der Waals surface area contributed by atoms with Crippen molar-refractivity contribution in [3.05, 3.63) is 52.5 Å². The van der Waals surface area contributed by atoms with E-state index in [1.54, 1.807) is 24.8 Å². The fourth-order valence-electron chi connectivity index (χ4n) is 2.20. The predicted octanol–water partition coefficient (Wildman–Crippen LogP) is 5.52. The number of hydrogen-bond acceptors (Lipinski definition) is 4. The van der Waals surface area contributed by atoms with Crippen LogP contribution in [0.4, 0.5) is 0 Å². The molecule has 0 aliphatic heterocycles. The van der Waals surface area contributed by atoms with E-state index >= 15 is 0 Å². The van der Waals surface area contributed by atoms with Gasteiger partial charge in [0, 0.05) is 16.9 Å². The zero-order valence-electron chi connectivity index (χ0n) is 14.1. The number of benzene rings is 2. The molecule has 0 aliphatic carbocycles. The van der Waals surface area contributed by atoms with Gasteiger partial charge in [-0.15, -0.1) is 11.8 Å². The zero-order chi connectivity index (χ0) is 17.5. The fraction of sp³-hybridized carbons (Fsp3) is 0.316. The molecule has 24 heavy (non-hydrogen) atoms. The summed E-state index contributed by atoms with van der Waals surface area (Å²) >= 11 is 7.86. The van der Waals surface area contributed by atoms with Gasteiger partial charge >= 0.3 is 5.97 Å². The van der Waals surface area contributed by atoms with Gasteiger partial charge in [-0.1, -0.05) is 37.6 Å². The molecule has 2 aromatic carbocycles. The highest BCUT2D eigenvalue weighted by Gasteiger charge is 2.14. The van der Waals surface area contributed by atoms with Gasteiger partial charge < -0.3 is 9.47 Å². The van der Waals surface area contributed by atoms with E-state index in [0.29, 0.717) is 22.9 Å². The van der Waals surface area contributed by atoms with E-state index in [4.69, 9.17) is 21.1 Å². The molecule has 5 heteroatoms. The summed E-state index contributed by atoms with van der Waals surface area (Å²) in [6.07, 6.45) is 3.23. The van der Waals surface area contributed by atoms with Gasteiger partial charge in [0.1, 0.15) is 18.1 Å². The molecule has 0 heterocycles. The Kier molecular flexibility index (Phi) is 7.00. The summed E-state index contributed by atoms with van der Waals surface area (Å²) in [5.41, 5.74) is 2.01. The number of carbonyl (C=O) groups is 1. The van der Waals surface area contributed by atoms with E-state index in [2.05, 4.69) is 6.92 Å². The molecular weight excluding hydrogens is 344 g/mol.